The fourth-order valence-electron chi connectivity index (χ4n) is 8.55. The van der Waals surface area contributed by atoms with Gasteiger partial charge in [-0.3, -0.25) is 33.4 Å². The van der Waals surface area contributed by atoms with E-state index in [0.717, 1.165) is 65.1 Å². The lowest BCUT2D eigenvalue weighted by molar-refractivity contribution is -0.144. The summed E-state index contributed by atoms with van der Waals surface area (Å²) >= 11 is 3.21. The molecule has 1 saturated heterocycles. The van der Waals surface area contributed by atoms with Crippen LogP contribution in [0.1, 0.15) is 97.1 Å². The summed E-state index contributed by atoms with van der Waals surface area (Å²) in [5.41, 5.74) is 9.24. The van der Waals surface area contributed by atoms with Crippen LogP contribution in [0.25, 0.3) is 26.6 Å². The number of benzene rings is 2. The van der Waals surface area contributed by atoms with E-state index in [2.05, 4.69) is 44.8 Å². The monoisotopic (exact) mass is 930 g/mol. The van der Waals surface area contributed by atoms with Gasteiger partial charge >= 0.3 is 5.97 Å². The molecule has 8 rings (SSSR count). The topological polar surface area (TPSA) is 199 Å². The van der Waals surface area contributed by atoms with E-state index in [1.165, 1.54) is 16.7 Å². The summed E-state index contributed by atoms with van der Waals surface area (Å²) in [6.45, 7) is 15.2. The minimum atomic E-state index is -0.997. The molecule has 1 fully saturated rings. The molecule has 4 aromatic heterocycles. The Morgan fingerprint density at radius 1 is 0.939 bits per heavy atom. The number of β-amino-alcohol motifs (C(OH)–C–C–N with tert-alkyl or cyclic N) is 1. The number of aliphatic hydroxyl groups excluding tert-OH is 1. The Hall–Kier alpha value is -6.37. The molecule has 3 N–H and O–H groups in total. The van der Waals surface area contributed by atoms with Gasteiger partial charge in [0.05, 0.1) is 53.7 Å². The molecule has 2 aliphatic rings. The van der Waals surface area contributed by atoms with Gasteiger partial charge in [0.2, 0.25) is 17.7 Å². The molecular weight excluding hydrogens is 877 g/mol. The van der Waals surface area contributed by atoms with E-state index >= 15 is 0 Å². The van der Waals surface area contributed by atoms with Gasteiger partial charge in [-0.2, -0.15) is 5.10 Å². The number of hydrogen-bond acceptors (Lipinski definition) is 13. The molecule has 66 heavy (non-hydrogen) atoms. The molecule has 2 aromatic carbocycles. The highest BCUT2D eigenvalue weighted by molar-refractivity contribution is 7.15. The zero-order chi connectivity index (χ0) is 47.2. The fourth-order valence-corrected chi connectivity index (χ4v) is 10.6. The minimum Gasteiger partial charge on any atom is -0.469 e. The second-order valence-corrected chi connectivity index (χ2v) is 20.1. The minimum absolute atomic E-state index is 0.00454. The highest BCUT2D eigenvalue weighted by atomic mass is 32.1. The molecule has 6 aromatic rings. The Labute approximate surface area is 391 Å². The summed E-state index contributed by atoms with van der Waals surface area (Å²) < 4.78 is 8.53. The molecule has 5 atom stereocenters. The van der Waals surface area contributed by atoms with Crippen LogP contribution in [0.15, 0.2) is 71.4 Å². The molecule has 1 unspecified atom stereocenters. The van der Waals surface area contributed by atoms with Crippen molar-refractivity contribution in [3.8, 4) is 26.6 Å². The maximum absolute atomic E-state index is 14.3. The average Bonchev–Trinajstić information content (AvgIpc) is 4.13. The Kier molecular flexibility index (Phi) is 12.9. The van der Waals surface area contributed by atoms with Gasteiger partial charge in [0.15, 0.2) is 5.82 Å². The van der Waals surface area contributed by atoms with Crippen molar-refractivity contribution in [1.29, 1.82) is 0 Å². The molecule has 18 heteroatoms. The number of aliphatic hydroxyl groups is 1. The average molecular weight is 931 g/mol. The number of rotatable bonds is 12. The summed E-state index contributed by atoms with van der Waals surface area (Å²) in [5.74, 6) is -0.381. The number of nitrogens with one attached hydrogen (secondary N) is 2. The van der Waals surface area contributed by atoms with Crippen molar-refractivity contribution in [1.82, 2.24) is 45.1 Å². The fraction of sp³-hybridized carbons (Fsp3) is 0.396. The van der Waals surface area contributed by atoms with Crippen molar-refractivity contribution in [3.63, 3.8) is 0 Å². The first kappa shape index (κ1) is 46.2. The number of methoxy groups -OCH3 is 1. The zero-order valence-corrected chi connectivity index (χ0v) is 40.1. The number of hydrogen-bond donors (Lipinski definition) is 3. The lowest BCUT2D eigenvalue weighted by atomic mass is 9.85. The van der Waals surface area contributed by atoms with Crippen LogP contribution in [0.5, 0.6) is 0 Å². The van der Waals surface area contributed by atoms with Gasteiger partial charge < -0.3 is 25.4 Å². The Morgan fingerprint density at radius 2 is 1.64 bits per heavy atom. The molecule has 3 amide bonds. The third-order valence-corrected chi connectivity index (χ3v) is 14.5. The number of aryl methyl sites for hydroxylation is 3. The highest BCUT2D eigenvalue weighted by Gasteiger charge is 2.45. The van der Waals surface area contributed by atoms with Gasteiger partial charge in [-0.15, -0.1) is 32.9 Å². The van der Waals surface area contributed by atoms with E-state index < -0.39 is 47.4 Å². The van der Waals surface area contributed by atoms with E-state index in [0.29, 0.717) is 11.6 Å². The molecule has 0 saturated carbocycles. The molecule has 0 bridgehead atoms. The molecule has 2 aliphatic heterocycles. The number of thiophene rings is 1. The third kappa shape index (κ3) is 9.21. The smallest absolute Gasteiger partial charge is 0.308 e. The number of aliphatic imine (C=N–C) groups is 1. The van der Waals surface area contributed by atoms with Gasteiger partial charge in [-0.1, -0.05) is 69.3 Å². The molecule has 16 nitrogen and oxygen atoms in total. The van der Waals surface area contributed by atoms with E-state index in [4.69, 9.17) is 9.73 Å². The number of esters is 1. The first-order valence-electron chi connectivity index (χ1n) is 21.8. The summed E-state index contributed by atoms with van der Waals surface area (Å²) in [4.78, 5) is 67.4. The standard InChI is InChI=1S/C48H54N10O6S2/c1-25-28(4)66-47-40(25)41(52-36(19-39(61)64-9)44-55-54-29(5)58(44)47)32-14-12-31(13-15-32)34-20-50-56(21-34)23-38(60)53-43(48(6,7)8)46(63)57-22-35(59)18-37(57)45(62)51-26(2)30-10-16-33(17-11-30)42-27(3)49-24-65-42/h10-17,20-21,24,26,35-37,43,59H,18-19,22-23H2,1-9H3,(H,51,62)(H,53,60)/t26-,35+,36-,37-,43?/m0/s1. The summed E-state index contributed by atoms with van der Waals surface area (Å²) in [5, 5.41) is 30.9. The van der Waals surface area contributed by atoms with E-state index in [9.17, 15) is 24.3 Å². The van der Waals surface area contributed by atoms with Crippen LogP contribution in [-0.2, 0) is 30.5 Å². The largest absolute Gasteiger partial charge is 0.469 e. The lowest BCUT2D eigenvalue weighted by Crippen LogP contribution is -2.58. The Balaban J connectivity index is 0.945. The molecular formula is C48H54N10O6S2. The number of amides is 3. The van der Waals surface area contributed by atoms with Crippen molar-refractivity contribution in [2.45, 2.75) is 105 Å². The number of thiazole rings is 1. The number of ether oxygens (including phenoxy) is 1. The normalized spacial score (nSPS) is 17.9. The van der Waals surface area contributed by atoms with Gasteiger partial charge in [0.1, 0.15) is 35.5 Å². The highest BCUT2D eigenvalue weighted by Crippen LogP contribution is 2.40. The number of aromatic nitrogens is 6. The van der Waals surface area contributed by atoms with Crippen LogP contribution < -0.4 is 10.6 Å². The van der Waals surface area contributed by atoms with Crippen molar-refractivity contribution in [2.75, 3.05) is 13.7 Å². The molecule has 0 radical (unpaired) electrons. The Morgan fingerprint density at radius 3 is 2.30 bits per heavy atom. The second-order valence-electron chi connectivity index (χ2n) is 18.1. The quantitative estimate of drug-likeness (QED) is 0.116. The third-order valence-electron chi connectivity index (χ3n) is 12.3. The van der Waals surface area contributed by atoms with E-state index in [1.54, 1.807) is 35.1 Å². The van der Waals surface area contributed by atoms with Crippen LogP contribution in [0.3, 0.4) is 0 Å². The maximum atomic E-state index is 14.3. The van der Waals surface area contributed by atoms with Crippen LogP contribution in [0.4, 0.5) is 0 Å². The molecule has 6 heterocycles. The number of likely N-dealkylation sites (tertiary alicyclic amines) is 1. The molecule has 344 valence electrons. The van der Waals surface area contributed by atoms with Gasteiger partial charge in [0.25, 0.3) is 0 Å². The predicted molar refractivity (Wildman–Crippen MR) is 252 cm³/mol. The van der Waals surface area contributed by atoms with Crippen molar-refractivity contribution >= 4 is 52.1 Å². The second kappa shape index (κ2) is 18.5. The summed E-state index contributed by atoms with van der Waals surface area (Å²) in [6, 6.07) is 12.9. The summed E-state index contributed by atoms with van der Waals surface area (Å²) in [7, 11) is 1.36. The number of carbonyl (C=O) groups is 4. The zero-order valence-electron chi connectivity index (χ0n) is 38.4. The summed E-state index contributed by atoms with van der Waals surface area (Å²) in [6.07, 6.45) is 2.63. The SMILES string of the molecule is COC(=O)C[C@@H]1N=C(c2ccc(-c3cnn(CC(=O)NC(C(=O)N4C[C@H](O)C[C@H]4C(=O)N[C@@H](C)c4ccc(-c5scnc5C)cc4)C(C)(C)C)c3)cc2)c2c(sc(C)c2C)-n2c(C)nnc21. The number of nitrogens with zero attached hydrogens (tertiary/aromatic N) is 8. The molecule has 0 aliphatic carbocycles. The van der Waals surface area contributed by atoms with Crippen LogP contribution in [0.2, 0.25) is 0 Å². The predicted octanol–water partition coefficient (Wildman–Crippen LogP) is 6.37. The van der Waals surface area contributed by atoms with Crippen molar-refractivity contribution < 1.29 is 29.0 Å². The first-order valence-corrected chi connectivity index (χ1v) is 23.5. The first-order chi connectivity index (χ1) is 31.4. The van der Waals surface area contributed by atoms with Crippen molar-refractivity contribution in [3.05, 3.63) is 111 Å². The van der Waals surface area contributed by atoms with Gasteiger partial charge in [0, 0.05) is 40.7 Å². The number of carbonyl (C=O) groups excluding carboxylic acids is 4. The van der Waals surface area contributed by atoms with Gasteiger partial charge in [-0.25, -0.2) is 4.98 Å². The number of fused-ring (bicyclic) bond motifs is 3. The lowest BCUT2D eigenvalue weighted by Gasteiger charge is -2.35. The maximum Gasteiger partial charge on any atom is 0.308 e. The molecule has 0 spiro atoms. The van der Waals surface area contributed by atoms with E-state index in [1.807, 2.05) is 100 Å². The van der Waals surface area contributed by atoms with Crippen molar-refractivity contribution in [2.24, 2.45) is 10.4 Å². The van der Waals surface area contributed by atoms with Crippen LogP contribution in [0, 0.1) is 33.1 Å². The van der Waals surface area contributed by atoms with Gasteiger partial charge in [-0.05, 0) is 62.3 Å². The van der Waals surface area contributed by atoms with E-state index in [-0.39, 0.29) is 37.9 Å². The Bertz CT molecular complexity index is 2830. The van der Waals surface area contributed by atoms with Crippen LogP contribution >= 0.6 is 22.7 Å². The van der Waals surface area contributed by atoms with Crippen LogP contribution in [-0.4, -0.2) is 101 Å².